The molecule has 1 aliphatic carbocycles. The van der Waals surface area contributed by atoms with Gasteiger partial charge in [0.1, 0.15) is 11.5 Å². The van der Waals surface area contributed by atoms with Crippen molar-refractivity contribution in [3.05, 3.63) is 233 Å². The van der Waals surface area contributed by atoms with Gasteiger partial charge in [0.25, 0.3) is 0 Å². The molecule has 0 spiro atoms. The molecular formula is C57H53N3O4. The molecule has 64 heavy (non-hydrogen) atoms. The number of allylic oxidation sites excluding steroid dienone is 7. The van der Waals surface area contributed by atoms with E-state index in [9.17, 15) is 9.59 Å². The molecule has 0 fully saturated rings. The number of esters is 2. The summed E-state index contributed by atoms with van der Waals surface area (Å²) in [6.07, 6.45) is 10.6. The van der Waals surface area contributed by atoms with Crippen LogP contribution >= 0.6 is 0 Å². The number of aliphatic imine (C=N–C) groups is 1. The fraction of sp³-hybridized carbons (Fsp3) is 0.175. The van der Waals surface area contributed by atoms with Gasteiger partial charge < -0.3 is 19.3 Å². The molecule has 1 aliphatic heterocycles. The predicted molar refractivity (Wildman–Crippen MR) is 260 cm³/mol. The van der Waals surface area contributed by atoms with E-state index in [1.165, 1.54) is 11.1 Å². The zero-order valence-electron chi connectivity index (χ0n) is 37.3. The van der Waals surface area contributed by atoms with E-state index in [0.29, 0.717) is 22.6 Å². The van der Waals surface area contributed by atoms with Gasteiger partial charge in [-0.15, -0.1) is 0 Å². The number of carbonyl (C=O) groups excluding carboxylic acids is 2. The van der Waals surface area contributed by atoms with E-state index in [0.717, 1.165) is 58.1 Å². The molecule has 6 aromatic rings. The van der Waals surface area contributed by atoms with Crippen LogP contribution in [-0.2, 0) is 10.8 Å². The fourth-order valence-electron chi connectivity index (χ4n) is 8.76. The largest absolute Gasteiger partial charge is 0.423 e. The minimum atomic E-state index is -0.519. The number of para-hydroxylation sites is 2. The van der Waals surface area contributed by atoms with E-state index in [2.05, 4.69) is 123 Å². The Morgan fingerprint density at radius 3 is 1.78 bits per heavy atom. The van der Waals surface area contributed by atoms with Gasteiger partial charge in [0.15, 0.2) is 0 Å². The van der Waals surface area contributed by atoms with Crippen molar-refractivity contribution in [2.75, 3.05) is 23.9 Å². The first-order chi connectivity index (χ1) is 30.9. The van der Waals surface area contributed by atoms with E-state index in [1.807, 2.05) is 92.0 Å². The molecule has 0 N–H and O–H groups in total. The summed E-state index contributed by atoms with van der Waals surface area (Å²) in [6.45, 7) is 8.73. The average molecular weight is 844 g/mol. The molecule has 0 unspecified atom stereocenters. The Morgan fingerprint density at radius 2 is 1.22 bits per heavy atom. The molecule has 0 saturated carbocycles. The lowest BCUT2D eigenvalue weighted by atomic mass is 9.79. The number of rotatable bonds is 12. The van der Waals surface area contributed by atoms with Crippen LogP contribution in [0.2, 0.25) is 0 Å². The SMILES string of the molecule is CN=C(/C=C/C1=C(N(c2ccccc2)c2ccccc2)C(=C/C=C2/N(C)c3ccc(OC(=O)c4ccccc4)cc3C2(C)C)/CC1)C(C)(C)c1cccc(OC(=O)c2ccccc2)c1. The minimum absolute atomic E-state index is 0.380. The maximum absolute atomic E-state index is 13.0. The third-order valence-electron chi connectivity index (χ3n) is 12.3. The Bertz CT molecular complexity index is 2780. The summed E-state index contributed by atoms with van der Waals surface area (Å²) in [5.74, 6) is 0.222. The number of carbonyl (C=O) groups is 2. The van der Waals surface area contributed by atoms with Crippen molar-refractivity contribution in [3.8, 4) is 11.5 Å². The van der Waals surface area contributed by atoms with Crippen molar-refractivity contribution in [2.24, 2.45) is 4.99 Å². The van der Waals surface area contributed by atoms with Crippen LogP contribution < -0.4 is 19.3 Å². The van der Waals surface area contributed by atoms with Gasteiger partial charge >= 0.3 is 11.9 Å². The molecule has 0 amide bonds. The summed E-state index contributed by atoms with van der Waals surface area (Å²) in [4.78, 5) is 35.4. The topological polar surface area (TPSA) is 71.4 Å². The monoisotopic (exact) mass is 843 g/mol. The second-order valence-electron chi connectivity index (χ2n) is 17.1. The molecule has 0 bridgehead atoms. The number of hydrogen-bond acceptors (Lipinski definition) is 7. The van der Waals surface area contributed by atoms with Crippen LogP contribution in [0.15, 0.2) is 216 Å². The summed E-state index contributed by atoms with van der Waals surface area (Å²) >= 11 is 0. The quantitative estimate of drug-likeness (QED) is 0.0694. The predicted octanol–water partition coefficient (Wildman–Crippen LogP) is 13.2. The molecule has 320 valence electrons. The maximum Gasteiger partial charge on any atom is 0.343 e. The second kappa shape index (κ2) is 18.5. The molecule has 6 aromatic carbocycles. The first kappa shape index (κ1) is 43.2. The van der Waals surface area contributed by atoms with Crippen LogP contribution in [0.1, 0.15) is 72.4 Å². The summed E-state index contributed by atoms with van der Waals surface area (Å²) in [7, 11) is 3.93. The van der Waals surface area contributed by atoms with E-state index < -0.39 is 11.4 Å². The molecule has 1 heterocycles. The summed E-state index contributed by atoms with van der Waals surface area (Å²) < 4.78 is 11.7. The molecule has 0 radical (unpaired) electrons. The van der Waals surface area contributed by atoms with E-state index in [-0.39, 0.29) is 11.4 Å². The average Bonchev–Trinajstić information content (AvgIpc) is 3.79. The molecule has 7 nitrogen and oxygen atoms in total. The van der Waals surface area contributed by atoms with Crippen LogP contribution in [0.3, 0.4) is 0 Å². The second-order valence-corrected chi connectivity index (χ2v) is 17.1. The smallest absolute Gasteiger partial charge is 0.343 e. The Balaban J connectivity index is 1.15. The van der Waals surface area contributed by atoms with Gasteiger partial charge in [-0.2, -0.15) is 0 Å². The molecule has 8 rings (SSSR count). The number of benzene rings is 6. The van der Waals surface area contributed by atoms with Crippen LogP contribution in [0.5, 0.6) is 11.5 Å². The lowest BCUT2D eigenvalue weighted by Gasteiger charge is -2.29. The standard InChI is InChI=1S/C57H53N3O4/c1-56(2,44-24-19-29-47(38-44)63-54(61)42-20-11-7-12-21-42)51(58-5)36-32-40-30-31-41(53(40)60(45-25-15-9-16-26-45)46-27-17-10-18-28-46)33-37-52-57(3,4)49-39-48(34-35-50(49)59(52)6)64-55(62)43-22-13-8-14-23-43/h7-29,32-39H,30-31H2,1-6H3/b36-32+,41-33+,52-37+,58-51?. The number of likely N-dealkylation sites (N-methyl/N-ethyl adjacent to an activating group) is 1. The lowest BCUT2D eigenvalue weighted by Crippen LogP contribution is -2.28. The third-order valence-corrected chi connectivity index (χ3v) is 12.3. The Labute approximate surface area is 377 Å². The molecule has 0 saturated heterocycles. The number of nitrogens with zero attached hydrogens (tertiary/aromatic N) is 3. The van der Waals surface area contributed by atoms with E-state index >= 15 is 0 Å². The van der Waals surface area contributed by atoms with E-state index in [4.69, 9.17) is 14.5 Å². The number of hydrogen-bond donors (Lipinski definition) is 0. The van der Waals surface area contributed by atoms with Crippen molar-refractivity contribution in [1.82, 2.24) is 0 Å². The first-order valence-corrected chi connectivity index (χ1v) is 21.7. The third kappa shape index (κ3) is 8.88. The zero-order chi connectivity index (χ0) is 44.8. The first-order valence-electron chi connectivity index (χ1n) is 21.7. The molecule has 0 aromatic heterocycles. The van der Waals surface area contributed by atoms with E-state index in [1.54, 1.807) is 24.3 Å². The summed E-state index contributed by atoms with van der Waals surface area (Å²) in [5.41, 5.74) is 10.9. The minimum Gasteiger partial charge on any atom is -0.423 e. The molecule has 0 atom stereocenters. The summed E-state index contributed by atoms with van der Waals surface area (Å²) in [6, 6.07) is 52.7. The molecular weight excluding hydrogens is 791 g/mol. The van der Waals surface area contributed by atoms with Gasteiger partial charge in [-0.3, -0.25) is 4.99 Å². The maximum atomic E-state index is 13.0. The van der Waals surface area contributed by atoms with Crippen molar-refractivity contribution in [2.45, 2.75) is 51.4 Å². The highest BCUT2D eigenvalue weighted by Crippen LogP contribution is 2.49. The van der Waals surface area contributed by atoms with Crippen LogP contribution in [0.4, 0.5) is 17.1 Å². The van der Waals surface area contributed by atoms with Gasteiger partial charge in [0, 0.05) is 53.4 Å². The van der Waals surface area contributed by atoms with Crippen LogP contribution in [0, 0.1) is 0 Å². The number of anilines is 3. The highest BCUT2D eigenvalue weighted by Gasteiger charge is 2.39. The van der Waals surface area contributed by atoms with Gasteiger partial charge in [-0.1, -0.05) is 125 Å². The molecule has 7 heteroatoms. The fourth-order valence-corrected chi connectivity index (χ4v) is 8.76. The lowest BCUT2D eigenvalue weighted by molar-refractivity contribution is 0.0725. The van der Waals surface area contributed by atoms with Crippen molar-refractivity contribution < 1.29 is 19.1 Å². The van der Waals surface area contributed by atoms with Gasteiger partial charge in [-0.05, 0) is 126 Å². The van der Waals surface area contributed by atoms with Crippen molar-refractivity contribution in [1.29, 1.82) is 0 Å². The number of ether oxygens (including phenoxy) is 2. The Morgan fingerprint density at radius 1 is 0.672 bits per heavy atom. The van der Waals surface area contributed by atoms with Crippen LogP contribution in [-0.4, -0.2) is 31.7 Å². The normalized spacial score (nSPS) is 16.1. The van der Waals surface area contributed by atoms with Crippen LogP contribution in [0.25, 0.3) is 0 Å². The number of fused-ring (bicyclic) bond motifs is 1. The molecule has 2 aliphatic rings. The zero-order valence-corrected chi connectivity index (χ0v) is 37.3. The van der Waals surface area contributed by atoms with Gasteiger partial charge in [0.2, 0.25) is 0 Å². The Kier molecular flexibility index (Phi) is 12.4. The van der Waals surface area contributed by atoms with Crippen molar-refractivity contribution >= 4 is 34.7 Å². The Hall–Kier alpha value is -7.51. The van der Waals surface area contributed by atoms with Crippen molar-refractivity contribution in [3.63, 3.8) is 0 Å². The summed E-state index contributed by atoms with van der Waals surface area (Å²) in [5, 5.41) is 0. The van der Waals surface area contributed by atoms with Gasteiger partial charge in [-0.25, -0.2) is 9.59 Å². The highest BCUT2D eigenvalue weighted by molar-refractivity contribution is 6.03. The highest BCUT2D eigenvalue weighted by atomic mass is 16.5. The van der Waals surface area contributed by atoms with Gasteiger partial charge in [0.05, 0.1) is 16.8 Å².